The van der Waals surface area contributed by atoms with Crippen molar-refractivity contribution in [1.29, 1.82) is 5.26 Å². The van der Waals surface area contributed by atoms with E-state index in [9.17, 15) is 0 Å². The molecule has 0 unspecified atom stereocenters. The Balaban J connectivity index is 0.000000561. The maximum atomic E-state index is 6.50. The Hall–Kier alpha value is -1.36. The Kier molecular flexibility index (Phi) is 6.87. The van der Waals surface area contributed by atoms with Gasteiger partial charge < -0.3 is 0 Å². The minimum Gasteiger partial charge on any atom is -0.205 e. The molecule has 12 heavy (non-hydrogen) atoms. The number of nitrogens with zero attached hydrogens (tertiary/aromatic N) is 2. The van der Waals surface area contributed by atoms with Gasteiger partial charge >= 0.3 is 0 Å². The van der Waals surface area contributed by atoms with Crippen molar-refractivity contribution in [2.24, 2.45) is 0 Å². The van der Waals surface area contributed by atoms with Crippen LogP contribution in [0.25, 0.3) is 0 Å². The van der Waals surface area contributed by atoms with Crippen molar-refractivity contribution in [2.45, 2.75) is 26.3 Å². The highest BCUT2D eigenvalue weighted by atomic mass is 14.9. The molecule has 1 aromatic heterocycles. The van der Waals surface area contributed by atoms with Gasteiger partial charge in [0.1, 0.15) is 6.54 Å². The molecule has 0 fully saturated rings. The highest BCUT2D eigenvalue weighted by Gasteiger charge is 1.93. The number of hydrogen-bond acceptors (Lipinski definition) is 1. The molecule has 0 radical (unpaired) electrons. The molecule has 0 aliphatic carbocycles. The van der Waals surface area contributed by atoms with Gasteiger partial charge in [0.15, 0.2) is 12.4 Å². The average molecular weight is 163 g/mol. The lowest BCUT2D eigenvalue weighted by molar-refractivity contribution is -0.697. The van der Waals surface area contributed by atoms with Gasteiger partial charge in [-0.1, -0.05) is 19.4 Å². The highest BCUT2D eigenvalue weighted by molar-refractivity contribution is 4.83. The summed E-state index contributed by atoms with van der Waals surface area (Å²) in [4.78, 5) is 0. The van der Waals surface area contributed by atoms with Crippen LogP contribution in [0, 0.1) is 11.8 Å². The predicted octanol–water partition coefficient (Wildman–Crippen LogP) is 1.91. The Morgan fingerprint density at radius 2 is 1.75 bits per heavy atom. The standard InChI is InChI=1S/C9H14N.CHN/c1-2-3-7-10-8-5-4-6-9-10;1-2/h4-6,8-9H,2-3,7H2,1H3;1H/q+1;. The summed E-state index contributed by atoms with van der Waals surface area (Å²) in [5.74, 6) is 0. The van der Waals surface area contributed by atoms with E-state index in [4.69, 9.17) is 5.26 Å². The number of pyridine rings is 1. The van der Waals surface area contributed by atoms with Crippen molar-refractivity contribution in [3.8, 4) is 6.57 Å². The lowest BCUT2D eigenvalue weighted by atomic mass is 10.3. The summed E-state index contributed by atoms with van der Waals surface area (Å²) in [5.41, 5.74) is 0. The number of unbranched alkanes of at least 4 members (excludes halogenated alkanes) is 1. The van der Waals surface area contributed by atoms with Crippen LogP contribution < -0.4 is 4.57 Å². The van der Waals surface area contributed by atoms with Gasteiger partial charge in [0.2, 0.25) is 0 Å². The molecule has 64 valence electrons. The lowest BCUT2D eigenvalue weighted by Gasteiger charge is -1.91. The summed E-state index contributed by atoms with van der Waals surface area (Å²) in [5, 5.41) is 6.50. The molecule has 0 amide bonds. The van der Waals surface area contributed by atoms with E-state index in [1.807, 2.05) is 6.07 Å². The van der Waals surface area contributed by atoms with Gasteiger partial charge in [0.25, 0.3) is 0 Å². The minimum absolute atomic E-state index is 1.15. The molecule has 0 aliphatic heterocycles. The van der Waals surface area contributed by atoms with Crippen LogP contribution in [0.1, 0.15) is 19.8 Å². The first-order valence-electron chi connectivity index (χ1n) is 4.13. The SMILES string of the molecule is C#N.CCCC[n+]1ccccc1. The molecule has 1 rings (SSSR count). The minimum atomic E-state index is 1.15. The van der Waals surface area contributed by atoms with Crippen LogP contribution in [0.15, 0.2) is 30.6 Å². The first kappa shape index (κ1) is 10.6. The van der Waals surface area contributed by atoms with Crippen LogP contribution in [0.4, 0.5) is 0 Å². The third-order valence-corrected chi connectivity index (χ3v) is 1.55. The third kappa shape index (κ3) is 4.45. The summed E-state index contributed by atoms with van der Waals surface area (Å²) in [6, 6.07) is 6.17. The molecule has 0 saturated carbocycles. The first-order valence-corrected chi connectivity index (χ1v) is 4.13. The summed E-state index contributed by atoms with van der Waals surface area (Å²) in [6.07, 6.45) is 6.75. The van der Waals surface area contributed by atoms with Crippen molar-refractivity contribution in [3.05, 3.63) is 30.6 Å². The molecule has 2 nitrogen and oxygen atoms in total. The highest BCUT2D eigenvalue weighted by Crippen LogP contribution is 1.85. The molecule has 0 spiro atoms. The number of rotatable bonds is 3. The van der Waals surface area contributed by atoms with Crippen LogP contribution in [0.3, 0.4) is 0 Å². The van der Waals surface area contributed by atoms with Crippen LogP contribution in [0.2, 0.25) is 0 Å². The summed E-state index contributed by atoms with van der Waals surface area (Å²) >= 11 is 0. The Labute approximate surface area is 74.1 Å². The van der Waals surface area contributed by atoms with Crippen molar-refractivity contribution < 1.29 is 4.57 Å². The monoisotopic (exact) mass is 163 g/mol. The number of nitriles is 1. The third-order valence-electron chi connectivity index (χ3n) is 1.55. The summed E-state index contributed by atoms with van der Waals surface area (Å²) in [7, 11) is 0. The fraction of sp³-hybridized carbons (Fsp3) is 0.400. The van der Waals surface area contributed by atoms with Gasteiger partial charge in [0, 0.05) is 25.1 Å². The summed E-state index contributed by atoms with van der Waals surface area (Å²) in [6.45, 7) is 6.86. The zero-order valence-electron chi connectivity index (χ0n) is 7.48. The van der Waals surface area contributed by atoms with Crippen LogP contribution in [-0.2, 0) is 6.54 Å². The Morgan fingerprint density at radius 3 is 2.25 bits per heavy atom. The topological polar surface area (TPSA) is 27.7 Å². The molecular weight excluding hydrogens is 148 g/mol. The molecule has 1 heterocycles. The molecule has 1 aromatic rings. The number of aryl methyl sites for hydroxylation is 1. The fourth-order valence-corrected chi connectivity index (χ4v) is 0.924. The van der Waals surface area contributed by atoms with Gasteiger partial charge in [-0.15, -0.1) is 0 Å². The van der Waals surface area contributed by atoms with Crippen LogP contribution in [-0.4, -0.2) is 0 Å². The molecule has 0 atom stereocenters. The first-order chi connectivity index (χ1) is 5.93. The van der Waals surface area contributed by atoms with Crippen molar-refractivity contribution in [2.75, 3.05) is 0 Å². The van der Waals surface area contributed by atoms with E-state index in [-0.39, 0.29) is 0 Å². The number of hydrogen-bond donors (Lipinski definition) is 0. The van der Waals surface area contributed by atoms with E-state index in [0.717, 1.165) is 6.54 Å². The average Bonchev–Trinajstić information content (AvgIpc) is 2.19. The Morgan fingerprint density at radius 1 is 1.17 bits per heavy atom. The predicted molar refractivity (Wildman–Crippen MR) is 48.2 cm³/mol. The smallest absolute Gasteiger partial charge is 0.168 e. The molecule has 0 saturated heterocycles. The molecule has 0 aliphatic rings. The van der Waals surface area contributed by atoms with Crippen molar-refractivity contribution >= 4 is 0 Å². The van der Waals surface area contributed by atoms with E-state index in [1.165, 1.54) is 12.8 Å². The molecule has 0 bridgehead atoms. The van der Waals surface area contributed by atoms with Crippen LogP contribution >= 0.6 is 0 Å². The maximum Gasteiger partial charge on any atom is 0.168 e. The second-order valence-corrected chi connectivity index (χ2v) is 2.47. The van der Waals surface area contributed by atoms with Gasteiger partial charge in [-0.3, -0.25) is 0 Å². The normalized spacial score (nSPS) is 8.25. The van der Waals surface area contributed by atoms with E-state index in [0.29, 0.717) is 0 Å². The van der Waals surface area contributed by atoms with E-state index in [1.54, 1.807) is 0 Å². The quantitative estimate of drug-likeness (QED) is 0.625. The summed E-state index contributed by atoms with van der Waals surface area (Å²) < 4.78 is 2.21. The van der Waals surface area contributed by atoms with Crippen LogP contribution in [0.5, 0.6) is 0 Å². The lowest BCUT2D eigenvalue weighted by Crippen LogP contribution is -2.31. The largest absolute Gasteiger partial charge is 0.205 e. The molecule has 2 heteroatoms. The van der Waals surface area contributed by atoms with E-state index < -0.39 is 0 Å². The Bertz CT molecular complexity index is 204. The van der Waals surface area contributed by atoms with Crippen molar-refractivity contribution in [1.82, 2.24) is 0 Å². The second-order valence-electron chi connectivity index (χ2n) is 2.47. The van der Waals surface area contributed by atoms with Gasteiger partial charge in [-0.2, -0.15) is 0 Å². The zero-order valence-corrected chi connectivity index (χ0v) is 7.48. The molecular formula is C10H15N2+. The van der Waals surface area contributed by atoms with Gasteiger partial charge in [0.05, 0.1) is 0 Å². The second kappa shape index (κ2) is 7.74. The molecule has 0 aromatic carbocycles. The fourth-order valence-electron chi connectivity index (χ4n) is 0.924. The zero-order chi connectivity index (χ0) is 9.23. The van der Waals surface area contributed by atoms with E-state index >= 15 is 0 Å². The van der Waals surface area contributed by atoms with Crippen molar-refractivity contribution in [3.63, 3.8) is 0 Å². The molecule has 0 N–H and O–H groups in total. The number of aromatic nitrogens is 1. The van der Waals surface area contributed by atoms with E-state index in [2.05, 4.69) is 42.6 Å². The van der Waals surface area contributed by atoms with Gasteiger partial charge in [-0.25, -0.2) is 9.83 Å². The van der Waals surface area contributed by atoms with Gasteiger partial charge in [-0.05, 0) is 0 Å². The maximum absolute atomic E-state index is 6.50.